The molecule has 1 atom stereocenters. The first-order valence-corrected chi connectivity index (χ1v) is 7.30. The lowest BCUT2D eigenvalue weighted by molar-refractivity contribution is 0.793. The van der Waals surface area contributed by atoms with Gasteiger partial charge in [0, 0.05) is 10.1 Å². The van der Waals surface area contributed by atoms with Crippen molar-refractivity contribution in [3.8, 4) is 11.1 Å². The van der Waals surface area contributed by atoms with E-state index in [1.165, 1.54) is 21.2 Å². The molecule has 0 aliphatic carbocycles. The van der Waals surface area contributed by atoms with Crippen LogP contribution in [0.15, 0.2) is 53.5 Å². The molecule has 0 saturated heterocycles. The first kappa shape index (κ1) is 11.6. The van der Waals surface area contributed by atoms with Crippen molar-refractivity contribution in [2.75, 3.05) is 5.32 Å². The van der Waals surface area contributed by atoms with Gasteiger partial charge in [0.15, 0.2) is 0 Å². The van der Waals surface area contributed by atoms with Crippen molar-refractivity contribution in [1.29, 1.82) is 0 Å². The van der Waals surface area contributed by atoms with Crippen LogP contribution in [0.5, 0.6) is 0 Å². The van der Waals surface area contributed by atoms with Gasteiger partial charge < -0.3 is 11.1 Å². The van der Waals surface area contributed by atoms with Gasteiger partial charge in [-0.15, -0.1) is 11.3 Å². The van der Waals surface area contributed by atoms with E-state index >= 15 is 0 Å². The smallest absolute Gasteiger partial charge is 0.136 e. The number of aliphatic imine (C=N–C) groups is 1. The van der Waals surface area contributed by atoms with E-state index in [1.54, 1.807) is 17.7 Å². The van der Waals surface area contributed by atoms with Gasteiger partial charge in [-0.2, -0.15) is 0 Å². The Hall–Kier alpha value is -2.17. The minimum absolute atomic E-state index is 0.246. The highest BCUT2D eigenvalue weighted by Gasteiger charge is 2.19. The van der Waals surface area contributed by atoms with Gasteiger partial charge in [0.25, 0.3) is 0 Å². The predicted octanol–water partition coefficient (Wildman–Crippen LogP) is 3.98. The van der Waals surface area contributed by atoms with Gasteiger partial charge in [-0.1, -0.05) is 36.4 Å². The number of hydrogen-bond donors (Lipinski definition) is 2. The Morgan fingerprint density at radius 2 is 1.90 bits per heavy atom. The summed E-state index contributed by atoms with van der Waals surface area (Å²) in [6.45, 7) is 0. The average molecular weight is 279 g/mol. The molecule has 20 heavy (non-hydrogen) atoms. The summed E-state index contributed by atoms with van der Waals surface area (Å²) in [5.41, 5.74) is 9.58. The summed E-state index contributed by atoms with van der Waals surface area (Å²) in [6.07, 6.45) is 1.44. The van der Waals surface area contributed by atoms with E-state index in [-0.39, 0.29) is 6.17 Å². The fourth-order valence-electron chi connectivity index (χ4n) is 2.53. The first-order valence-electron chi connectivity index (χ1n) is 6.48. The quantitative estimate of drug-likeness (QED) is 0.708. The summed E-state index contributed by atoms with van der Waals surface area (Å²) in [5, 5.41) is 4.45. The van der Waals surface area contributed by atoms with Crippen LogP contribution < -0.4 is 11.1 Å². The molecule has 1 unspecified atom stereocenters. The Balaban J connectivity index is 1.92. The maximum Gasteiger partial charge on any atom is 0.136 e. The third kappa shape index (κ3) is 1.73. The molecule has 3 N–H and O–H groups in total. The molecule has 3 aromatic rings. The Kier molecular flexibility index (Phi) is 2.58. The Labute approximate surface area is 120 Å². The molecule has 4 heteroatoms. The minimum Gasteiger partial charge on any atom is -0.345 e. The highest BCUT2D eigenvalue weighted by molar-refractivity contribution is 7.20. The van der Waals surface area contributed by atoms with E-state index in [0.29, 0.717) is 0 Å². The van der Waals surface area contributed by atoms with Gasteiger partial charge in [-0.25, -0.2) is 0 Å². The number of thiophene rings is 1. The number of benzene rings is 2. The van der Waals surface area contributed by atoms with Crippen LogP contribution in [0, 0.1) is 0 Å². The molecule has 0 fully saturated rings. The standard InChI is InChI=1S/C16H13N3S/c17-16-15-14(18-9-19-16)12-8-11(6-7-13(12)20-15)10-4-2-1-3-5-10/h1-9,16H,17H2,(H,18,19). The Morgan fingerprint density at radius 1 is 1.05 bits per heavy atom. The van der Waals surface area contributed by atoms with Crippen molar-refractivity contribution < 1.29 is 0 Å². The molecule has 1 aromatic heterocycles. The zero-order valence-electron chi connectivity index (χ0n) is 10.7. The van der Waals surface area contributed by atoms with Gasteiger partial charge in [0.2, 0.25) is 0 Å². The van der Waals surface area contributed by atoms with Crippen molar-refractivity contribution in [3.63, 3.8) is 0 Å². The topological polar surface area (TPSA) is 50.4 Å². The third-order valence-electron chi connectivity index (χ3n) is 3.53. The highest BCUT2D eigenvalue weighted by Crippen LogP contribution is 2.41. The summed E-state index contributed by atoms with van der Waals surface area (Å²) in [7, 11) is 0. The lowest BCUT2D eigenvalue weighted by atomic mass is 10.0. The number of hydrogen-bond acceptors (Lipinski definition) is 4. The molecule has 0 spiro atoms. The fourth-order valence-corrected chi connectivity index (χ4v) is 3.63. The van der Waals surface area contributed by atoms with Crippen LogP contribution in [0.1, 0.15) is 11.0 Å². The van der Waals surface area contributed by atoms with Crippen LogP contribution in [0.25, 0.3) is 21.2 Å². The molecule has 1 aliphatic rings. The zero-order valence-corrected chi connectivity index (χ0v) is 11.5. The Morgan fingerprint density at radius 3 is 2.75 bits per heavy atom. The number of rotatable bonds is 1. The summed E-state index contributed by atoms with van der Waals surface area (Å²) in [4.78, 5) is 5.30. The monoisotopic (exact) mass is 279 g/mol. The molecule has 98 valence electrons. The maximum absolute atomic E-state index is 6.03. The van der Waals surface area contributed by atoms with Crippen molar-refractivity contribution >= 4 is 33.4 Å². The third-order valence-corrected chi connectivity index (χ3v) is 4.78. The van der Waals surface area contributed by atoms with Gasteiger partial charge in [-0.05, 0) is 23.3 Å². The molecule has 3 nitrogen and oxygen atoms in total. The molecule has 2 heterocycles. The zero-order chi connectivity index (χ0) is 13.5. The molecule has 0 radical (unpaired) electrons. The van der Waals surface area contributed by atoms with Gasteiger partial charge in [-0.3, -0.25) is 4.99 Å². The second-order valence-electron chi connectivity index (χ2n) is 4.79. The number of nitrogens with zero attached hydrogens (tertiary/aromatic N) is 1. The minimum atomic E-state index is -0.246. The second kappa shape index (κ2) is 4.44. The van der Waals surface area contributed by atoms with Gasteiger partial charge in [0.05, 0.1) is 16.9 Å². The van der Waals surface area contributed by atoms with Crippen LogP contribution in [0.4, 0.5) is 5.69 Å². The molecule has 0 bridgehead atoms. The van der Waals surface area contributed by atoms with Gasteiger partial charge >= 0.3 is 0 Å². The first-order chi connectivity index (χ1) is 9.83. The van der Waals surface area contributed by atoms with Crippen molar-refractivity contribution in [2.24, 2.45) is 10.7 Å². The van der Waals surface area contributed by atoms with Crippen molar-refractivity contribution in [2.45, 2.75) is 6.17 Å². The Bertz CT molecular complexity index is 805. The molecule has 0 amide bonds. The number of anilines is 1. The van der Waals surface area contributed by atoms with Crippen LogP contribution in [-0.2, 0) is 0 Å². The largest absolute Gasteiger partial charge is 0.345 e. The molecular weight excluding hydrogens is 266 g/mol. The van der Waals surface area contributed by atoms with E-state index in [0.717, 1.165) is 10.6 Å². The highest BCUT2D eigenvalue weighted by atomic mass is 32.1. The molecule has 4 rings (SSSR count). The van der Waals surface area contributed by atoms with Crippen molar-refractivity contribution in [1.82, 2.24) is 0 Å². The SMILES string of the molecule is NC1N=CNc2c1sc1ccc(-c3ccccc3)cc21. The summed E-state index contributed by atoms with van der Waals surface area (Å²) in [6, 6.07) is 16.9. The normalized spacial score (nSPS) is 16.9. The van der Waals surface area contributed by atoms with Gasteiger partial charge in [0.1, 0.15) is 6.17 Å². The maximum atomic E-state index is 6.03. The molecule has 2 aromatic carbocycles. The van der Waals surface area contributed by atoms with E-state index in [2.05, 4.69) is 52.8 Å². The summed E-state index contributed by atoms with van der Waals surface area (Å²) >= 11 is 1.71. The number of nitrogens with two attached hydrogens (primary N) is 1. The predicted molar refractivity (Wildman–Crippen MR) is 86.3 cm³/mol. The van der Waals surface area contributed by atoms with Crippen LogP contribution >= 0.6 is 11.3 Å². The lowest BCUT2D eigenvalue weighted by Crippen LogP contribution is -2.14. The fraction of sp³-hybridized carbons (Fsp3) is 0.0625. The lowest BCUT2D eigenvalue weighted by Gasteiger charge is -2.13. The van der Waals surface area contributed by atoms with Crippen molar-refractivity contribution in [3.05, 3.63) is 53.4 Å². The van der Waals surface area contributed by atoms with E-state index in [1.807, 2.05) is 6.07 Å². The number of fused-ring (bicyclic) bond motifs is 3. The van der Waals surface area contributed by atoms with Crippen LogP contribution in [-0.4, -0.2) is 6.34 Å². The summed E-state index contributed by atoms with van der Waals surface area (Å²) < 4.78 is 1.24. The second-order valence-corrected chi connectivity index (χ2v) is 5.87. The van der Waals surface area contributed by atoms with E-state index in [4.69, 9.17) is 5.73 Å². The van der Waals surface area contributed by atoms with E-state index < -0.39 is 0 Å². The van der Waals surface area contributed by atoms with Crippen LogP contribution in [0.3, 0.4) is 0 Å². The average Bonchev–Trinajstić information content (AvgIpc) is 2.88. The summed E-state index contributed by atoms with van der Waals surface area (Å²) in [5.74, 6) is 0. The number of nitrogens with one attached hydrogen (secondary N) is 1. The van der Waals surface area contributed by atoms with E-state index in [9.17, 15) is 0 Å². The molecule has 0 saturated carbocycles. The molecular formula is C16H13N3S. The molecule has 1 aliphatic heterocycles. The van der Waals surface area contributed by atoms with Crippen LogP contribution in [0.2, 0.25) is 0 Å².